The van der Waals surface area contributed by atoms with Crippen LogP contribution in [0.25, 0.3) is 9.69 Å². The van der Waals surface area contributed by atoms with Gasteiger partial charge in [-0.1, -0.05) is 0 Å². The van der Waals surface area contributed by atoms with Crippen LogP contribution in [0.5, 0.6) is 0 Å². The summed E-state index contributed by atoms with van der Waals surface area (Å²) in [4.78, 5) is 21.3. The highest BCUT2D eigenvalue weighted by atomic mass is 31.2. The molecule has 0 aromatic heterocycles. The van der Waals surface area contributed by atoms with Crippen LogP contribution in [0.2, 0.25) is 0 Å². The quantitative estimate of drug-likeness (QED) is 0.575. The van der Waals surface area contributed by atoms with Crippen LogP contribution in [-0.4, -0.2) is 35.6 Å². The average Bonchev–Trinajstić information content (AvgIpc) is 2.17. The molecule has 0 rings (SSSR count). The second-order valence-corrected chi connectivity index (χ2v) is 6.34. The minimum atomic E-state index is -4.02. The van der Waals surface area contributed by atoms with Gasteiger partial charge in [0.15, 0.2) is 0 Å². The van der Waals surface area contributed by atoms with E-state index < -0.39 is 21.5 Å². The molecule has 0 saturated carbocycles. The fourth-order valence-corrected chi connectivity index (χ4v) is 2.07. The molecule has 0 atom stereocenters. The monoisotopic (exact) mass is 298 g/mol. The predicted molar refractivity (Wildman–Crippen MR) is 65.8 cm³/mol. The number of nitrogens with zero attached hydrogens (tertiary/aromatic N) is 2. The Morgan fingerprint density at radius 3 is 1.56 bits per heavy atom. The van der Waals surface area contributed by atoms with Gasteiger partial charge in [-0.05, 0) is 13.8 Å². The molecule has 8 nitrogen and oxygen atoms in total. The van der Waals surface area contributed by atoms with E-state index in [1.807, 2.05) is 0 Å². The molecule has 0 aliphatic heterocycles. The maximum absolute atomic E-state index is 11.4. The Balaban J connectivity index is 0. The molecular formula is C8H16N2O6P2. The molecule has 0 aliphatic rings. The predicted octanol–water partition coefficient (Wildman–Crippen LogP) is 2.17. The van der Waals surface area contributed by atoms with Gasteiger partial charge in [-0.2, -0.15) is 0 Å². The fraction of sp³-hybridized carbons (Fsp3) is 0.750. The molecule has 0 fully saturated rings. The lowest BCUT2D eigenvalue weighted by Gasteiger charge is -2.10. The molecule has 0 heterocycles. The molecule has 18 heavy (non-hydrogen) atoms. The van der Waals surface area contributed by atoms with Crippen molar-refractivity contribution in [2.75, 3.05) is 25.8 Å². The van der Waals surface area contributed by atoms with Crippen LogP contribution in [0.3, 0.4) is 0 Å². The summed E-state index contributed by atoms with van der Waals surface area (Å²) >= 11 is 0. The van der Waals surface area contributed by atoms with Crippen molar-refractivity contribution >= 4 is 15.2 Å². The third kappa shape index (κ3) is 13.3. The van der Waals surface area contributed by atoms with E-state index in [4.69, 9.17) is 32.0 Å². The maximum Gasteiger partial charge on any atom is 0.409 e. The molecule has 104 valence electrons. The molecule has 0 amide bonds. The van der Waals surface area contributed by atoms with Crippen LogP contribution < -0.4 is 0 Å². The molecule has 0 radical (unpaired) electrons. The Morgan fingerprint density at radius 1 is 1.00 bits per heavy atom. The average molecular weight is 298 g/mol. The summed E-state index contributed by atoms with van der Waals surface area (Å²) in [5, 5.41) is 0. The van der Waals surface area contributed by atoms with Crippen LogP contribution in [0.4, 0.5) is 0 Å². The van der Waals surface area contributed by atoms with Gasteiger partial charge in [0.2, 0.25) is 0 Å². The topological polar surface area (TPSA) is 102 Å². The molecule has 2 N–H and O–H groups in total. The zero-order chi connectivity index (χ0) is 14.7. The summed E-state index contributed by atoms with van der Waals surface area (Å²) in [6.07, 6.45) is -0.887. The maximum atomic E-state index is 11.4. The van der Waals surface area contributed by atoms with Gasteiger partial charge in [-0.15, -0.1) is 0 Å². The van der Waals surface area contributed by atoms with E-state index in [-0.39, 0.29) is 6.29 Å². The molecule has 0 aliphatic carbocycles. The number of rotatable bonds is 6. The zero-order valence-electron chi connectivity index (χ0n) is 10.1. The molecule has 10 heteroatoms. The van der Waals surface area contributed by atoms with Gasteiger partial charge in [0.1, 0.15) is 0 Å². The van der Waals surface area contributed by atoms with Gasteiger partial charge in [0, 0.05) is 0 Å². The summed E-state index contributed by atoms with van der Waals surface area (Å²) in [5.74, 6) is 0. The largest absolute Gasteiger partial charge is 0.409 e. The van der Waals surface area contributed by atoms with Crippen LogP contribution in [0, 0.1) is 13.1 Å². The van der Waals surface area contributed by atoms with Crippen molar-refractivity contribution < 1.29 is 28.0 Å². The molecule has 0 saturated heterocycles. The second kappa shape index (κ2) is 10.2. The van der Waals surface area contributed by atoms with Crippen molar-refractivity contribution in [2.24, 2.45) is 0 Å². The zero-order valence-corrected chi connectivity index (χ0v) is 11.9. The normalized spacial score (nSPS) is 10.8. The number of hydrogen-bond acceptors (Lipinski definition) is 4. The highest BCUT2D eigenvalue weighted by Crippen LogP contribution is 2.47. The summed E-state index contributed by atoms with van der Waals surface area (Å²) in [7, 11) is -7.09. The van der Waals surface area contributed by atoms with E-state index in [0.29, 0.717) is 13.2 Å². The molecular weight excluding hydrogens is 282 g/mol. The standard InChI is InChI=1S/C6H12NO3P.C2H4NO3P/c1-4-9-11(8,6-7-3)10-5-2;1-3-2-7(4,5)6/h4-6H2,1-2H3;2H2,(H2,4,5,6). The molecule has 0 bridgehead atoms. The van der Waals surface area contributed by atoms with Gasteiger partial charge in [0.25, 0.3) is 0 Å². The number of hydrogen-bond donors (Lipinski definition) is 2. The summed E-state index contributed by atoms with van der Waals surface area (Å²) in [5.41, 5.74) is 0. The van der Waals surface area contributed by atoms with E-state index in [1.54, 1.807) is 13.8 Å². The van der Waals surface area contributed by atoms with Crippen molar-refractivity contribution in [3.8, 4) is 0 Å². The third-order valence-corrected chi connectivity index (χ3v) is 3.45. The van der Waals surface area contributed by atoms with Gasteiger partial charge in [0.05, 0.1) is 13.2 Å². The van der Waals surface area contributed by atoms with E-state index in [1.165, 1.54) is 0 Å². The van der Waals surface area contributed by atoms with Crippen molar-refractivity contribution in [1.82, 2.24) is 0 Å². The Hall–Kier alpha value is -0.720. The minimum Gasteiger partial charge on any atom is -0.319 e. The molecule has 0 unspecified atom stereocenters. The summed E-state index contributed by atoms with van der Waals surface area (Å²) in [6, 6.07) is 0. The third-order valence-electron chi connectivity index (χ3n) is 1.15. The second-order valence-electron chi connectivity index (χ2n) is 2.71. The van der Waals surface area contributed by atoms with Gasteiger partial charge < -0.3 is 28.5 Å². The van der Waals surface area contributed by atoms with E-state index in [9.17, 15) is 9.13 Å². The van der Waals surface area contributed by atoms with Crippen molar-refractivity contribution in [1.29, 1.82) is 0 Å². The van der Waals surface area contributed by atoms with E-state index in [0.717, 1.165) is 0 Å². The molecule has 0 aromatic rings. The van der Waals surface area contributed by atoms with Gasteiger partial charge in [-0.3, -0.25) is 9.13 Å². The summed E-state index contributed by atoms with van der Waals surface area (Å²) in [6.45, 7) is 16.6. The molecule has 0 aromatic carbocycles. The van der Waals surface area contributed by atoms with Crippen molar-refractivity contribution in [3.63, 3.8) is 0 Å². The van der Waals surface area contributed by atoms with Gasteiger partial charge in [-0.25, -0.2) is 13.1 Å². The first-order valence-corrected chi connectivity index (χ1v) is 8.36. The molecule has 0 spiro atoms. The van der Waals surface area contributed by atoms with Crippen LogP contribution >= 0.6 is 15.2 Å². The Kier molecular flexibility index (Phi) is 11.1. The van der Waals surface area contributed by atoms with Crippen molar-refractivity contribution in [3.05, 3.63) is 22.8 Å². The SMILES string of the molecule is [C-]#[N+]CP(=O)(O)O.[C-]#[N+]CP(=O)(OCC)OCC. The van der Waals surface area contributed by atoms with Gasteiger partial charge >= 0.3 is 27.8 Å². The Morgan fingerprint density at radius 2 is 1.39 bits per heavy atom. The fourth-order valence-electron chi connectivity index (χ4n) is 0.691. The lowest BCUT2D eigenvalue weighted by Crippen LogP contribution is -1.97. The highest BCUT2D eigenvalue weighted by molar-refractivity contribution is 7.54. The lowest BCUT2D eigenvalue weighted by atomic mass is 10.9. The van der Waals surface area contributed by atoms with Crippen LogP contribution in [0.1, 0.15) is 13.8 Å². The first-order chi connectivity index (χ1) is 8.24. The van der Waals surface area contributed by atoms with E-state index >= 15 is 0 Å². The van der Waals surface area contributed by atoms with Crippen LogP contribution in [-0.2, 0) is 18.2 Å². The smallest absolute Gasteiger partial charge is 0.319 e. The first-order valence-electron chi connectivity index (χ1n) is 4.83. The Bertz CT molecular complexity index is 383. The van der Waals surface area contributed by atoms with E-state index in [2.05, 4.69) is 9.69 Å². The minimum absolute atomic E-state index is 0.186. The lowest BCUT2D eigenvalue weighted by molar-refractivity contribution is 0.222. The van der Waals surface area contributed by atoms with Crippen molar-refractivity contribution in [2.45, 2.75) is 13.8 Å². The highest BCUT2D eigenvalue weighted by Gasteiger charge is 2.26. The Labute approximate surface area is 106 Å². The first kappa shape index (κ1) is 19.6. The van der Waals surface area contributed by atoms with Crippen LogP contribution in [0.15, 0.2) is 0 Å². The summed E-state index contributed by atoms with van der Waals surface area (Å²) < 4.78 is 30.7.